The summed E-state index contributed by atoms with van der Waals surface area (Å²) in [6.07, 6.45) is 2.62. The molecule has 2 aliphatic rings. The maximum absolute atomic E-state index is 13.0. The minimum atomic E-state index is -3.58. The number of piperidine rings is 1. The molecule has 0 unspecified atom stereocenters. The molecular weight excluding hydrogens is 316 g/mol. The van der Waals surface area contributed by atoms with Gasteiger partial charge in [-0.1, -0.05) is 0 Å². The molecule has 0 saturated carbocycles. The molecule has 2 saturated heterocycles. The quantitative estimate of drug-likeness (QED) is 0.905. The molecule has 1 N–H and O–H groups in total. The third-order valence-corrected chi connectivity index (χ3v) is 7.38. The van der Waals surface area contributed by atoms with Gasteiger partial charge < -0.3 is 10.0 Å². The molecule has 7 heteroatoms. The van der Waals surface area contributed by atoms with Crippen molar-refractivity contribution in [1.29, 1.82) is 0 Å². The highest BCUT2D eigenvalue weighted by Gasteiger charge is 2.52. The fraction of sp³-hybridized carbons (Fsp3) is 0.562. The highest BCUT2D eigenvalue weighted by atomic mass is 32.2. The monoisotopic (exact) mass is 338 g/mol. The standard InChI is InChI=1S/C16H22N2O4S/c1-12-11-13(15(19)20)3-4-14(12)23(21,22)18-10-7-16(18)5-8-17(2)9-6-16/h3-4,11H,5-10H2,1-2H3,(H,19,20). The predicted molar refractivity (Wildman–Crippen MR) is 86.1 cm³/mol. The highest BCUT2D eigenvalue weighted by molar-refractivity contribution is 7.89. The van der Waals surface area contributed by atoms with Gasteiger partial charge in [-0.25, -0.2) is 13.2 Å². The fourth-order valence-corrected chi connectivity index (χ4v) is 5.68. The van der Waals surface area contributed by atoms with Gasteiger partial charge in [-0.05, 0) is 70.1 Å². The van der Waals surface area contributed by atoms with Crippen molar-refractivity contribution in [2.24, 2.45) is 0 Å². The van der Waals surface area contributed by atoms with Crippen molar-refractivity contribution in [3.05, 3.63) is 29.3 Å². The lowest BCUT2D eigenvalue weighted by Gasteiger charge is -2.55. The summed E-state index contributed by atoms with van der Waals surface area (Å²) < 4.78 is 27.7. The van der Waals surface area contributed by atoms with Crippen molar-refractivity contribution < 1.29 is 18.3 Å². The van der Waals surface area contributed by atoms with E-state index in [1.807, 2.05) is 0 Å². The second kappa shape index (κ2) is 5.58. The van der Waals surface area contributed by atoms with Crippen LogP contribution in [0.3, 0.4) is 0 Å². The average molecular weight is 338 g/mol. The Kier molecular flexibility index (Phi) is 3.98. The Balaban J connectivity index is 1.92. The molecule has 2 fully saturated rings. The summed E-state index contributed by atoms with van der Waals surface area (Å²) in [5.41, 5.74) is 0.349. The molecule has 3 rings (SSSR count). The van der Waals surface area contributed by atoms with Crippen LogP contribution in [-0.2, 0) is 10.0 Å². The van der Waals surface area contributed by atoms with E-state index in [0.717, 1.165) is 32.4 Å². The summed E-state index contributed by atoms with van der Waals surface area (Å²) in [5.74, 6) is -1.05. The lowest BCUT2D eigenvalue weighted by atomic mass is 9.79. The molecular formula is C16H22N2O4S. The van der Waals surface area contributed by atoms with E-state index in [-0.39, 0.29) is 16.0 Å². The molecule has 2 heterocycles. The molecule has 0 aliphatic carbocycles. The smallest absolute Gasteiger partial charge is 0.335 e. The van der Waals surface area contributed by atoms with Crippen molar-refractivity contribution in [3.63, 3.8) is 0 Å². The summed E-state index contributed by atoms with van der Waals surface area (Å²) in [7, 11) is -1.52. The predicted octanol–water partition coefficient (Wildman–Crippen LogP) is 1.55. The maximum Gasteiger partial charge on any atom is 0.335 e. The van der Waals surface area contributed by atoms with Crippen LogP contribution in [0.1, 0.15) is 35.2 Å². The van der Waals surface area contributed by atoms with E-state index < -0.39 is 16.0 Å². The van der Waals surface area contributed by atoms with Crippen LogP contribution in [0.15, 0.2) is 23.1 Å². The normalized spacial score (nSPS) is 22.0. The Bertz CT molecular complexity index is 736. The van der Waals surface area contributed by atoms with Crippen molar-refractivity contribution in [3.8, 4) is 0 Å². The number of likely N-dealkylation sites (tertiary alicyclic amines) is 1. The SMILES string of the molecule is Cc1cc(C(=O)O)ccc1S(=O)(=O)N1CCC12CCN(C)CC2. The van der Waals surface area contributed by atoms with Crippen LogP contribution in [-0.4, -0.2) is 60.9 Å². The second-order valence-electron chi connectivity index (χ2n) is 6.64. The molecule has 23 heavy (non-hydrogen) atoms. The minimum Gasteiger partial charge on any atom is -0.478 e. The van der Waals surface area contributed by atoms with Gasteiger partial charge in [-0.15, -0.1) is 0 Å². The van der Waals surface area contributed by atoms with Crippen LogP contribution in [0, 0.1) is 6.92 Å². The Morgan fingerprint density at radius 3 is 2.26 bits per heavy atom. The first-order valence-corrected chi connectivity index (χ1v) is 9.26. The Labute approximate surface area is 136 Å². The van der Waals surface area contributed by atoms with Crippen LogP contribution in [0.4, 0.5) is 0 Å². The summed E-state index contributed by atoms with van der Waals surface area (Å²) in [6.45, 7) is 4.01. The number of carboxylic acids is 1. The van der Waals surface area contributed by atoms with Crippen molar-refractivity contribution in [2.75, 3.05) is 26.7 Å². The van der Waals surface area contributed by atoms with Gasteiger partial charge in [0.05, 0.1) is 10.5 Å². The van der Waals surface area contributed by atoms with Crippen LogP contribution in [0.25, 0.3) is 0 Å². The van der Waals surface area contributed by atoms with E-state index in [4.69, 9.17) is 5.11 Å². The first kappa shape index (κ1) is 16.4. The summed E-state index contributed by atoms with van der Waals surface area (Å²) in [6, 6.07) is 4.22. The van der Waals surface area contributed by atoms with Gasteiger partial charge in [0.15, 0.2) is 0 Å². The fourth-order valence-electron chi connectivity index (χ4n) is 3.62. The number of hydrogen-bond donors (Lipinski definition) is 1. The van der Waals surface area contributed by atoms with Crippen molar-refractivity contribution in [1.82, 2.24) is 9.21 Å². The molecule has 0 amide bonds. The van der Waals surface area contributed by atoms with Crippen LogP contribution in [0.5, 0.6) is 0 Å². The van der Waals surface area contributed by atoms with E-state index in [0.29, 0.717) is 12.1 Å². The van der Waals surface area contributed by atoms with E-state index in [1.54, 1.807) is 11.2 Å². The molecule has 6 nitrogen and oxygen atoms in total. The minimum absolute atomic E-state index is 0.110. The Morgan fingerprint density at radius 1 is 1.17 bits per heavy atom. The number of carboxylic acid groups (broad SMARTS) is 1. The summed E-state index contributed by atoms with van der Waals surface area (Å²) in [5, 5.41) is 9.03. The van der Waals surface area contributed by atoms with Crippen LogP contribution in [0.2, 0.25) is 0 Å². The number of aromatic carboxylic acids is 1. The molecule has 126 valence electrons. The van der Waals surface area contributed by atoms with Crippen molar-refractivity contribution >= 4 is 16.0 Å². The zero-order chi connectivity index (χ0) is 16.8. The molecule has 0 aromatic heterocycles. The van der Waals surface area contributed by atoms with Crippen molar-refractivity contribution in [2.45, 2.75) is 36.6 Å². The van der Waals surface area contributed by atoms with E-state index in [1.165, 1.54) is 18.2 Å². The van der Waals surface area contributed by atoms with Gasteiger partial charge in [0.1, 0.15) is 0 Å². The number of hydrogen-bond acceptors (Lipinski definition) is 4. The Morgan fingerprint density at radius 2 is 1.78 bits per heavy atom. The van der Waals surface area contributed by atoms with E-state index in [2.05, 4.69) is 11.9 Å². The zero-order valence-corrected chi connectivity index (χ0v) is 14.3. The first-order valence-electron chi connectivity index (χ1n) is 7.82. The molecule has 1 aromatic carbocycles. The van der Waals surface area contributed by atoms with Gasteiger partial charge in [0, 0.05) is 12.1 Å². The second-order valence-corrected chi connectivity index (χ2v) is 8.47. The Hall–Kier alpha value is -1.44. The van der Waals surface area contributed by atoms with E-state index in [9.17, 15) is 13.2 Å². The number of sulfonamides is 1. The molecule has 0 atom stereocenters. The zero-order valence-electron chi connectivity index (χ0n) is 13.4. The number of nitrogens with zero attached hydrogens (tertiary/aromatic N) is 2. The average Bonchev–Trinajstić information content (AvgIpc) is 2.46. The van der Waals surface area contributed by atoms with Gasteiger partial charge in [0.2, 0.25) is 10.0 Å². The molecule has 0 radical (unpaired) electrons. The topological polar surface area (TPSA) is 77.9 Å². The van der Waals surface area contributed by atoms with E-state index >= 15 is 0 Å². The number of rotatable bonds is 3. The number of carbonyl (C=O) groups is 1. The lowest BCUT2D eigenvalue weighted by molar-refractivity contribution is 0.0111. The third kappa shape index (κ3) is 2.66. The van der Waals surface area contributed by atoms with Gasteiger partial charge >= 0.3 is 5.97 Å². The highest BCUT2D eigenvalue weighted by Crippen LogP contribution is 2.43. The lowest BCUT2D eigenvalue weighted by Crippen LogP contribution is -2.65. The largest absolute Gasteiger partial charge is 0.478 e. The third-order valence-electron chi connectivity index (χ3n) is 5.22. The molecule has 2 aliphatic heterocycles. The van der Waals surface area contributed by atoms with Gasteiger partial charge in [0.25, 0.3) is 0 Å². The van der Waals surface area contributed by atoms with Crippen LogP contribution < -0.4 is 0 Å². The first-order chi connectivity index (χ1) is 10.8. The number of aryl methyl sites for hydroxylation is 1. The van der Waals surface area contributed by atoms with Gasteiger partial charge in [-0.2, -0.15) is 4.31 Å². The van der Waals surface area contributed by atoms with Gasteiger partial charge in [-0.3, -0.25) is 0 Å². The maximum atomic E-state index is 13.0. The summed E-state index contributed by atoms with van der Waals surface area (Å²) >= 11 is 0. The summed E-state index contributed by atoms with van der Waals surface area (Å²) in [4.78, 5) is 13.5. The number of benzene rings is 1. The molecule has 1 aromatic rings. The van der Waals surface area contributed by atoms with Crippen LogP contribution >= 0.6 is 0 Å². The molecule has 1 spiro atoms. The molecule has 0 bridgehead atoms.